The zero-order chi connectivity index (χ0) is 29.0. The van der Waals surface area contributed by atoms with Gasteiger partial charge in [-0.15, -0.1) is 0 Å². The van der Waals surface area contributed by atoms with Gasteiger partial charge in [-0.2, -0.15) is 0 Å². The topological polar surface area (TPSA) is 12.5 Å². The van der Waals surface area contributed by atoms with E-state index in [0.29, 0.717) is 0 Å². The summed E-state index contributed by atoms with van der Waals surface area (Å²) in [6.45, 7) is 0. The quantitative estimate of drug-likeness (QED) is 0.211. The molecule has 0 spiro atoms. The van der Waals surface area contributed by atoms with Crippen molar-refractivity contribution >= 4 is 22.1 Å². The molecule has 44 heavy (non-hydrogen) atoms. The van der Waals surface area contributed by atoms with Crippen LogP contribution < -0.4 is 9.64 Å². The number of benzene rings is 6. The molecule has 1 aliphatic heterocycles. The van der Waals surface area contributed by atoms with Crippen molar-refractivity contribution < 1.29 is 4.74 Å². The molecule has 3 aliphatic rings. The van der Waals surface area contributed by atoms with Crippen molar-refractivity contribution in [3.05, 3.63) is 174 Å². The van der Waals surface area contributed by atoms with Crippen molar-refractivity contribution in [2.75, 3.05) is 4.90 Å². The molecule has 210 valence electrons. The third-order valence-corrected chi connectivity index (χ3v) is 9.54. The largest absolute Gasteiger partial charge is 0.461 e. The van der Waals surface area contributed by atoms with Crippen molar-refractivity contribution in [1.82, 2.24) is 0 Å². The van der Waals surface area contributed by atoms with Crippen molar-refractivity contribution in [3.8, 4) is 28.0 Å². The number of hydrogen-bond acceptors (Lipinski definition) is 2. The zero-order valence-electron chi connectivity index (χ0n) is 24.4. The zero-order valence-corrected chi connectivity index (χ0v) is 24.4. The predicted molar refractivity (Wildman–Crippen MR) is 181 cm³/mol. The number of ether oxygens (including phenoxy) is 1. The second-order valence-corrected chi connectivity index (χ2v) is 12.0. The molecule has 0 saturated carbocycles. The van der Waals surface area contributed by atoms with E-state index in [1.165, 1.54) is 55.4 Å². The molecule has 0 bridgehead atoms. The van der Waals surface area contributed by atoms with Gasteiger partial charge in [0.1, 0.15) is 11.5 Å². The number of allylic oxidation sites excluding steroid dienone is 4. The highest BCUT2D eigenvalue weighted by molar-refractivity contribution is 6.01. The van der Waals surface area contributed by atoms with Crippen LogP contribution in [0.3, 0.4) is 0 Å². The fourth-order valence-electron chi connectivity index (χ4n) is 7.39. The van der Waals surface area contributed by atoms with E-state index in [4.69, 9.17) is 4.74 Å². The van der Waals surface area contributed by atoms with Gasteiger partial charge in [0.15, 0.2) is 0 Å². The number of fused-ring (bicyclic) bond motifs is 8. The van der Waals surface area contributed by atoms with Gasteiger partial charge in [-0.3, -0.25) is 0 Å². The summed E-state index contributed by atoms with van der Waals surface area (Å²) >= 11 is 0. The van der Waals surface area contributed by atoms with Crippen molar-refractivity contribution in [1.29, 1.82) is 0 Å². The van der Waals surface area contributed by atoms with Gasteiger partial charge in [-0.1, -0.05) is 97.1 Å². The number of anilines is 2. The van der Waals surface area contributed by atoms with E-state index in [9.17, 15) is 0 Å². The second-order valence-electron chi connectivity index (χ2n) is 12.0. The normalized spacial score (nSPS) is 16.1. The van der Waals surface area contributed by atoms with Crippen LogP contribution in [-0.2, 0) is 12.8 Å². The van der Waals surface area contributed by atoms with E-state index >= 15 is 0 Å². The summed E-state index contributed by atoms with van der Waals surface area (Å²) in [6, 6.07) is 48.7. The molecule has 2 nitrogen and oxygen atoms in total. The minimum Gasteiger partial charge on any atom is -0.461 e. The molecule has 0 radical (unpaired) electrons. The van der Waals surface area contributed by atoms with E-state index in [2.05, 4.69) is 144 Å². The first kappa shape index (κ1) is 25.2. The monoisotopic (exact) mass is 565 g/mol. The van der Waals surface area contributed by atoms with Crippen LogP contribution in [0.5, 0.6) is 5.75 Å². The third kappa shape index (κ3) is 4.10. The summed E-state index contributed by atoms with van der Waals surface area (Å²) < 4.78 is 6.19. The van der Waals surface area contributed by atoms with Crippen LogP contribution in [0.2, 0.25) is 0 Å². The van der Waals surface area contributed by atoms with Crippen LogP contribution in [0.25, 0.3) is 33.0 Å². The van der Waals surface area contributed by atoms with Crippen molar-refractivity contribution in [3.63, 3.8) is 0 Å². The SMILES string of the molecule is C1=C2Oc3ccccc3C2CC(N(c2ccccc2)c2ccc(-c3ccc4c5c(ccc4c3)CCc3ccccc3-5)cc2)=C1. The van der Waals surface area contributed by atoms with E-state index in [1.54, 1.807) is 0 Å². The molecule has 1 atom stereocenters. The van der Waals surface area contributed by atoms with Crippen molar-refractivity contribution in [2.24, 2.45) is 0 Å². The van der Waals surface area contributed by atoms with E-state index < -0.39 is 0 Å². The lowest BCUT2D eigenvalue weighted by atomic mass is 9.82. The van der Waals surface area contributed by atoms with Gasteiger partial charge in [-0.25, -0.2) is 0 Å². The highest BCUT2D eigenvalue weighted by Crippen LogP contribution is 2.48. The predicted octanol–water partition coefficient (Wildman–Crippen LogP) is 10.8. The lowest BCUT2D eigenvalue weighted by Crippen LogP contribution is -2.20. The maximum atomic E-state index is 6.19. The number of aryl methyl sites for hydroxylation is 2. The van der Waals surface area contributed by atoms with Gasteiger partial charge >= 0.3 is 0 Å². The van der Waals surface area contributed by atoms with Gasteiger partial charge in [0.25, 0.3) is 0 Å². The Morgan fingerprint density at radius 2 is 1.34 bits per heavy atom. The molecule has 1 heterocycles. The molecule has 2 heteroatoms. The maximum absolute atomic E-state index is 6.19. The van der Waals surface area contributed by atoms with Crippen LogP contribution in [-0.4, -0.2) is 0 Å². The standard InChI is InChI=1S/C42H31NO/c1-2-9-33(10-3-1)43(35-23-25-41-39(27-35)38-12-6-7-13-40(38)44-41)34-21-18-28(19-22-34)31-20-24-37-32(26-31)17-16-30-15-14-29-8-4-5-11-36(29)42(30)37/h1-13,16-26,39H,14-15,27H2. The summed E-state index contributed by atoms with van der Waals surface area (Å²) in [4.78, 5) is 2.39. The van der Waals surface area contributed by atoms with Gasteiger partial charge < -0.3 is 9.64 Å². The van der Waals surface area contributed by atoms with Gasteiger partial charge in [0.2, 0.25) is 0 Å². The molecule has 0 fully saturated rings. The number of para-hydroxylation sites is 2. The Morgan fingerprint density at radius 3 is 2.25 bits per heavy atom. The summed E-state index contributed by atoms with van der Waals surface area (Å²) in [7, 11) is 0. The Balaban J connectivity index is 1.07. The molecule has 9 rings (SSSR count). The highest BCUT2D eigenvalue weighted by atomic mass is 16.5. The first-order valence-corrected chi connectivity index (χ1v) is 15.6. The third-order valence-electron chi connectivity index (χ3n) is 9.54. The lowest BCUT2D eigenvalue weighted by Gasteiger charge is -2.31. The summed E-state index contributed by atoms with van der Waals surface area (Å²) in [5.41, 5.74) is 13.0. The first-order chi connectivity index (χ1) is 21.8. The van der Waals surface area contributed by atoms with Crippen LogP contribution in [0, 0.1) is 0 Å². The Hall–Kier alpha value is -5.34. The molecular weight excluding hydrogens is 534 g/mol. The molecule has 0 aromatic heterocycles. The average Bonchev–Trinajstić information content (AvgIpc) is 3.47. The molecular formula is C42H31NO. The van der Waals surface area contributed by atoms with E-state index in [0.717, 1.165) is 42.1 Å². The molecule has 2 aliphatic carbocycles. The van der Waals surface area contributed by atoms with Crippen LogP contribution in [0.4, 0.5) is 11.4 Å². The average molecular weight is 566 g/mol. The van der Waals surface area contributed by atoms with Gasteiger partial charge in [0, 0.05) is 29.1 Å². The smallest absolute Gasteiger partial charge is 0.130 e. The Morgan fingerprint density at radius 1 is 0.591 bits per heavy atom. The molecule has 6 aromatic carbocycles. The van der Waals surface area contributed by atoms with Crippen LogP contribution in [0.1, 0.15) is 29.0 Å². The number of rotatable bonds is 4. The fraction of sp³-hybridized carbons (Fsp3) is 0.0952. The maximum Gasteiger partial charge on any atom is 0.130 e. The Bertz CT molecular complexity index is 2120. The second kappa shape index (κ2) is 10.1. The summed E-state index contributed by atoms with van der Waals surface area (Å²) in [5, 5.41) is 2.64. The van der Waals surface area contributed by atoms with Gasteiger partial charge in [-0.05, 0) is 106 Å². The molecule has 1 unspecified atom stereocenters. The minimum atomic E-state index is 0.243. The van der Waals surface area contributed by atoms with Crippen LogP contribution in [0.15, 0.2) is 157 Å². The van der Waals surface area contributed by atoms with Crippen molar-refractivity contribution in [2.45, 2.75) is 25.2 Å². The van der Waals surface area contributed by atoms with Crippen LogP contribution >= 0.6 is 0 Å². The Kier molecular flexibility index (Phi) is 5.80. The molecule has 0 amide bonds. The minimum absolute atomic E-state index is 0.243. The molecule has 0 saturated heterocycles. The molecule has 6 aromatic rings. The first-order valence-electron chi connectivity index (χ1n) is 15.6. The van der Waals surface area contributed by atoms with E-state index in [-0.39, 0.29) is 5.92 Å². The summed E-state index contributed by atoms with van der Waals surface area (Å²) in [6.07, 6.45) is 7.49. The molecule has 0 N–H and O–H groups in total. The fourth-order valence-corrected chi connectivity index (χ4v) is 7.39. The summed E-state index contributed by atoms with van der Waals surface area (Å²) in [5.74, 6) is 2.26. The Labute approximate surface area is 258 Å². The van der Waals surface area contributed by atoms with Gasteiger partial charge in [0.05, 0.1) is 5.92 Å². The lowest BCUT2D eigenvalue weighted by molar-refractivity contribution is 0.423. The number of nitrogens with zero attached hydrogens (tertiary/aromatic N) is 1. The highest BCUT2D eigenvalue weighted by Gasteiger charge is 2.33. The number of hydrogen-bond donors (Lipinski definition) is 0. The van der Waals surface area contributed by atoms with E-state index in [1.807, 2.05) is 6.07 Å².